The summed E-state index contributed by atoms with van der Waals surface area (Å²) in [5.74, 6) is 0. The zero-order valence-electron chi connectivity index (χ0n) is 17.5. The topological polar surface area (TPSA) is 4.93 Å². The van der Waals surface area contributed by atoms with Gasteiger partial charge >= 0.3 is 0 Å². The van der Waals surface area contributed by atoms with Crippen LogP contribution in [0.1, 0.15) is 5.56 Å². The molecule has 0 aliphatic carbocycles. The lowest BCUT2D eigenvalue weighted by atomic mass is 10.2. The molecule has 0 bridgehead atoms. The van der Waals surface area contributed by atoms with Crippen LogP contribution in [0.5, 0.6) is 0 Å². The van der Waals surface area contributed by atoms with Gasteiger partial charge < -0.3 is 4.57 Å². The van der Waals surface area contributed by atoms with E-state index in [1.807, 2.05) is 79.4 Å². The zero-order valence-corrected chi connectivity index (χ0v) is 26.4. The highest BCUT2D eigenvalue weighted by atomic mass is 79.9. The molecule has 0 aliphatic heterocycles. The Morgan fingerprint density at radius 1 is 0.514 bits per heavy atom. The van der Waals surface area contributed by atoms with Crippen molar-refractivity contribution in [1.82, 2.24) is 4.57 Å². The molecule has 0 unspecified atom stereocenters. The van der Waals surface area contributed by atoms with Crippen LogP contribution in [-0.4, -0.2) is 4.57 Å². The first-order valence-corrected chi connectivity index (χ1v) is 17.9. The first kappa shape index (κ1) is 21.2. The van der Waals surface area contributed by atoms with Crippen LogP contribution >= 0.6 is 111 Å². The van der Waals surface area contributed by atoms with Crippen molar-refractivity contribution in [3.63, 3.8) is 0 Å². The highest BCUT2D eigenvalue weighted by Crippen LogP contribution is 2.57. The maximum Gasteiger partial charge on any atom is 0.0838 e. The Morgan fingerprint density at radius 3 is 1.71 bits per heavy atom. The summed E-state index contributed by atoms with van der Waals surface area (Å²) in [5.41, 5.74) is 5.31. The van der Waals surface area contributed by atoms with Crippen LogP contribution in [0.15, 0.2) is 44.0 Å². The molecular formula is C25H9Br2NS7. The normalized spacial score (nSPS) is 13.0. The number of hydrogen-bond acceptors (Lipinski definition) is 7. The minimum atomic E-state index is 1.20. The highest BCUT2D eigenvalue weighted by Gasteiger charge is 2.27. The molecule has 0 atom stereocenters. The van der Waals surface area contributed by atoms with Gasteiger partial charge in [0.15, 0.2) is 0 Å². The van der Waals surface area contributed by atoms with Gasteiger partial charge in [0.1, 0.15) is 0 Å². The summed E-state index contributed by atoms with van der Waals surface area (Å²) in [7, 11) is 0. The fraction of sp³-hybridized carbons (Fsp3) is 0.0400. The van der Waals surface area contributed by atoms with E-state index in [2.05, 4.69) is 79.7 Å². The Labute approximate surface area is 242 Å². The van der Waals surface area contributed by atoms with Crippen molar-refractivity contribution < 1.29 is 0 Å². The van der Waals surface area contributed by atoms with Crippen molar-refractivity contribution in [1.29, 1.82) is 0 Å². The molecule has 0 fully saturated rings. The first-order chi connectivity index (χ1) is 17.0. The monoisotopic (exact) mass is 705 g/mol. The number of aromatic nitrogens is 1. The van der Waals surface area contributed by atoms with Gasteiger partial charge in [-0.2, -0.15) is 0 Å². The Hall–Kier alpha value is -0.820. The van der Waals surface area contributed by atoms with Crippen LogP contribution in [0.25, 0.3) is 73.1 Å². The molecule has 8 heterocycles. The number of aryl methyl sites for hydroxylation is 1. The van der Waals surface area contributed by atoms with Crippen molar-refractivity contribution >= 4 is 179 Å². The lowest BCUT2D eigenvalue weighted by Gasteiger charge is -2.07. The van der Waals surface area contributed by atoms with Crippen LogP contribution in [-0.2, 0) is 0 Å². The van der Waals surface area contributed by atoms with Crippen molar-refractivity contribution in [2.24, 2.45) is 0 Å². The molecule has 0 aliphatic rings. The maximum absolute atomic E-state index is 3.73. The first-order valence-electron chi connectivity index (χ1n) is 10.6. The molecule has 9 rings (SSSR count). The molecule has 170 valence electrons. The summed E-state index contributed by atoms with van der Waals surface area (Å²) in [5, 5.41) is 0. The number of rotatable bonds is 1. The summed E-state index contributed by atoms with van der Waals surface area (Å²) < 4.78 is 22.2. The van der Waals surface area contributed by atoms with E-state index >= 15 is 0 Å². The van der Waals surface area contributed by atoms with Crippen LogP contribution in [0.3, 0.4) is 0 Å². The molecule has 0 saturated carbocycles. The minimum Gasteiger partial charge on any atom is -0.305 e. The van der Waals surface area contributed by atoms with E-state index in [0.717, 1.165) is 0 Å². The second kappa shape index (κ2) is 7.18. The Bertz CT molecular complexity index is 2300. The second-order valence-electron chi connectivity index (χ2n) is 8.50. The van der Waals surface area contributed by atoms with E-state index in [0.29, 0.717) is 0 Å². The van der Waals surface area contributed by atoms with Crippen LogP contribution in [0.4, 0.5) is 0 Å². The van der Waals surface area contributed by atoms with E-state index in [1.54, 1.807) is 0 Å². The third-order valence-corrected chi connectivity index (χ3v) is 16.8. The second-order valence-corrected chi connectivity index (χ2v) is 18.5. The molecule has 35 heavy (non-hydrogen) atoms. The summed E-state index contributed by atoms with van der Waals surface area (Å²) in [6, 6.07) is 13.6. The summed E-state index contributed by atoms with van der Waals surface area (Å²) in [6.45, 7) is 2.16. The lowest BCUT2D eigenvalue weighted by Crippen LogP contribution is -1.92. The maximum atomic E-state index is 3.73. The Kier molecular flexibility index (Phi) is 4.34. The highest BCUT2D eigenvalue weighted by molar-refractivity contribution is 9.11. The number of thiophene rings is 7. The summed E-state index contributed by atoms with van der Waals surface area (Å²) >= 11 is 21.0. The van der Waals surface area contributed by atoms with Gasteiger partial charge in [-0.05, 0) is 63.0 Å². The molecule has 10 heteroatoms. The fourth-order valence-corrected chi connectivity index (χ4v) is 16.3. The number of benzene rings is 1. The number of nitrogens with zero attached hydrogens (tertiary/aromatic N) is 1. The minimum absolute atomic E-state index is 1.20. The number of hydrogen-bond donors (Lipinski definition) is 0. The lowest BCUT2D eigenvalue weighted by molar-refractivity contribution is 1.19. The van der Waals surface area contributed by atoms with Crippen molar-refractivity contribution in [3.8, 4) is 5.69 Å². The van der Waals surface area contributed by atoms with Gasteiger partial charge in [-0.15, -0.1) is 79.4 Å². The molecule has 0 radical (unpaired) electrons. The molecule has 1 nitrogen and oxygen atoms in total. The molecular weight excluding hydrogens is 699 g/mol. The van der Waals surface area contributed by atoms with Crippen LogP contribution in [0, 0.1) is 6.92 Å². The van der Waals surface area contributed by atoms with E-state index in [4.69, 9.17) is 0 Å². The third kappa shape index (κ3) is 2.71. The average molecular weight is 708 g/mol. The van der Waals surface area contributed by atoms with Gasteiger partial charge in [-0.3, -0.25) is 0 Å². The van der Waals surface area contributed by atoms with E-state index in [-0.39, 0.29) is 0 Å². The van der Waals surface area contributed by atoms with Gasteiger partial charge in [-0.1, -0.05) is 17.7 Å². The van der Waals surface area contributed by atoms with E-state index in [9.17, 15) is 0 Å². The van der Waals surface area contributed by atoms with Gasteiger partial charge in [-0.25, -0.2) is 0 Å². The number of halogens is 2. The standard InChI is InChI=1S/C25H9Br2NS7/c1-8-2-4-9(5-3-8)28-14-16-10(6-12(26)31-16)29-18(14)19-15(28)20-22(33-19)24-25(34-20)23-21(35-24)17-11(30-23)7-13(27)32-17/h2-7H,1H3. The van der Waals surface area contributed by atoms with Crippen molar-refractivity contribution in [2.75, 3.05) is 0 Å². The molecule has 0 spiro atoms. The van der Waals surface area contributed by atoms with Crippen LogP contribution < -0.4 is 0 Å². The predicted octanol–water partition coefficient (Wildman–Crippen LogP) is 12.8. The third-order valence-electron chi connectivity index (χ3n) is 6.42. The molecule has 1 aromatic carbocycles. The Balaban J connectivity index is 1.47. The van der Waals surface area contributed by atoms with Crippen molar-refractivity contribution in [3.05, 3.63) is 49.5 Å². The predicted molar refractivity (Wildman–Crippen MR) is 174 cm³/mol. The molecule has 0 saturated heterocycles. The van der Waals surface area contributed by atoms with Gasteiger partial charge in [0, 0.05) is 15.1 Å². The van der Waals surface area contributed by atoms with Crippen molar-refractivity contribution in [2.45, 2.75) is 6.92 Å². The van der Waals surface area contributed by atoms with Crippen LogP contribution in [0.2, 0.25) is 0 Å². The molecule has 0 N–H and O–H groups in total. The zero-order chi connectivity index (χ0) is 23.2. The van der Waals surface area contributed by atoms with E-state index < -0.39 is 0 Å². The summed E-state index contributed by atoms with van der Waals surface area (Å²) in [4.78, 5) is 0. The molecule has 9 aromatic rings. The van der Waals surface area contributed by atoms with E-state index in [1.165, 1.54) is 86.3 Å². The molecule has 0 amide bonds. The summed E-state index contributed by atoms with van der Waals surface area (Å²) in [6.07, 6.45) is 0. The average Bonchev–Trinajstić information content (AvgIpc) is 3.63. The molecule has 8 aromatic heterocycles. The fourth-order valence-electron chi connectivity index (χ4n) is 4.95. The smallest absolute Gasteiger partial charge is 0.0838 e. The quantitative estimate of drug-likeness (QED) is 0.160. The van der Waals surface area contributed by atoms with Gasteiger partial charge in [0.05, 0.1) is 65.6 Å². The Morgan fingerprint density at radius 2 is 0.971 bits per heavy atom. The van der Waals surface area contributed by atoms with Gasteiger partial charge in [0.25, 0.3) is 0 Å². The number of fused-ring (bicyclic) bond motifs is 13. The largest absolute Gasteiger partial charge is 0.305 e. The van der Waals surface area contributed by atoms with Gasteiger partial charge in [0.2, 0.25) is 0 Å². The SMILES string of the molecule is Cc1ccc(-n2c3c4sc(Br)cc4sc3c3sc4c5sc6c7sc(Br)cc7sc6c5sc4c32)cc1.